The molecule has 20 heavy (non-hydrogen) atoms. The fourth-order valence-corrected chi connectivity index (χ4v) is 4.19. The highest BCUT2D eigenvalue weighted by Crippen LogP contribution is 2.14. The molecule has 0 aliphatic rings. The van der Waals surface area contributed by atoms with Gasteiger partial charge in [0.1, 0.15) is 0 Å². The average molecular weight is 374 g/mol. The predicted octanol–water partition coefficient (Wildman–Crippen LogP) is 3.55. The van der Waals surface area contributed by atoms with Gasteiger partial charge in [-0.05, 0) is 53.4 Å². The van der Waals surface area contributed by atoms with E-state index in [0.717, 1.165) is 16.5 Å². The molecular formula is C14H16BrNO2S2. The Balaban J connectivity index is 2.05. The zero-order valence-corrected chi connectivity index (χ0v) is 14.3. The smallest absolute Gasteiger partial charge is 0.208 e. The number of sulfonamides is 1. The van der Waals surface area contributed by atoms with Gasteiger partial charge in [0.25, 0.3) is 0 Å². The van der Waals surface area contributed by atoms with Gasteiger partial charge in [0.15, 0.2) is 0 Å². The van der Waals surface area contributed by atoms with E-state index in [-0.39, 0.29) is 6.04 Å². The summed E-state index contributed by atoms with van der Waals surface area (Å²) < 4.78 is 27.2. The van der Waals surface area contributed by atoms with Crippen molar-refractivity contribution in [3.63, 3.8) is 0 Å². The quantitative estimate of drug-likeness (QED) is 0.786. The largest absolute Gasteiger partial charge is 0.240 e. The van der Waals surface area contributed by atoms with Crippen molar-refractivity contribution in [3.05, 3.63) is 52.2 Å². The van der Waals surface area contributed by atoms with Crippen LogP contribution in [-0.4, -0.2) is 14.5 Å². The molecule has 3 nitrogen and oxygen atoms in total. The highest BCUT2D eigenvalue weighted by atomic mass is 79.9. The third-order valence-electron chi connectivity index (χ3n) is 2.87. The lowest BCUT2D eigenvalue weighted by molar-refractivity contribution is 0.560. The first kappa shape index (κ1) is 15.7. The molecule has 108 valence electrons. The summed E-state index contributed by atoms with van der Waals surface area (Å²) in [5, 5.41) is 4.75. The minimum atomic E-state index is -3.45. The van der Waals surface area contributed by atoms with Crippen LogP contribution in [0.4, 0.5) is 0 Å². The van der Waals surface area contributed by atoms with Gasteiger partial charge < -0.3 is 0 Å². The van der Waals surface area contributed by atoms with Crippen LogP contribution in [0.3, 0.4) is 0 Å². The van der Waals surface area contributed by atoms with Crippen LogP contribution in [0.25, 0.3) is 0 Å². The minimum absolute atomic E-state index is 0.134. The van der Waals surface area contributed by atoms with Crippen LogP contribution in [0.15, 0.2) is 46.0 Å². The fourth-order valence-electron chi connectivity index (χ4n) is 1.89. The Morgan fingerprint density at radius 1 is 1.20 bits per heavy atom. The van der Waals surface area contributed by atoms with E-state index in [0.29, 0.717) is 11.3 Å². The molecule has 0 aliphatic carbocycles. The van der Waals surface area contributed by atoms with E-state index < -0.39 is 10.0 Å². The number of benzene rings is 1. The minimum Gasteiger partial charge on any atom is -0.208 e. The standard InChI is InChI=1S/C14H16BrNO2S2/c1-11(8-13-6-7-19-10-13)16-20(17,18)14-4-2-12(9-15)3-5-14/h2-7,10-11,16H,8-9H2,1H3. The highest BCUT2D eigenvalue weighted by Gasteiger charge is 2.17. The Morgan fingerprint density at radius 2 is 1.90 bits per heavy atom. The average Bonchev–Trinajstić information content (AvgIpc) is 2.91. The molecule has 1 heterocycles. The van der Waals surface area contributed by atoms with Crippen molar-refractivity contribution in [1.29, 1.82) is 0 Å². The van der Waals surface area contributed by atoms with Crippen molar-refractivity contribution in [1.82, 2.24) is 4.72 Å². The van der Waals surface area contributed by atoms with Crippen LogP contribution >= 0.6 is 27.3 Å². The summed E-state index contributed by atoms with van der Waals surface area (Å²) in [6.45, 7) is 1.88. The third kappa shape index (κ3) is 4.15. The van der Waals surface area contributed by atoms with Gasteiger partial charge in [0.05, 0.1) is 4.90 Å². The monoisotopic (exact) mass is 373 g/mol. The maximum absolute atomic E-state index is 12.3. The second-order valence-electron chi connectivity index (χ2n) is 4.64. The van der Waals surface area contributed by atoms with Crippen LogP contribution in [0.1, 0.15) is 18.1 Å². The van der Waals surface area contributed by atoms with Crippen LogP contribution in [0.2, 0.25) is 0 Å². The SMILES string of the molecule is CC(Cc1ccsc1)NS(=O)(=O)c1ccc(CBr)cc1. The van der Waals surface area contributed by atoms with E-state index in [9.17, 15) is 8.42 Å². The van der Waals surface area contributed by atoms with Gasteiger partial charge in [0, 0.05) is 11.4 Å². The molecule has 0 amide bonds. The second kappa shape index (κ2) is 6.85. The first-order valence-corrected chi connectivity index (χ1v) is 9.74. The van der Waals surface area contributed by atoms with Crippen molar-refractivity contribution in [3.8, 4) is 0 Å². The summed E-state index contributed by atoms with van der Waals surface area (Å²) >= 11 is 4.96. The molecule has 0 fully saturated rings. The molecule has 1 N–H and O–H groups in total. The lowest BCUT2D eigenvalue weighted by Gasteiger charge is -2.13. The first-order chi connectivity index (χ1) is 9.51. The molecule has 6 heteroatoms. The van der Waals surface area contributed by atoms with Gasteiger partial charge in [-0.25, -0.2) is 13.1 Å². The Morgan fingerprint density at radius 3 is 2.45 bits per heavy atom. The molecule has 0 aliphatic heterocycles. The molecule has 0 radical (unpaired) electrons. The highest BCUT2D eigenvalue weighted by molar-refractivity contribution is 9.08. The second-order valence-corrected chi connectivity index (χ2v) is 7.69. The molecule has 2 rings (SSSR count). The lowest BCUT2D eigenvalue weighted by Crippen LogP contribution is -2.34. The summed E-state index contributed by atoms with van der Waals surface area (Å²) in [5.74, 6) is 0. The van der Waals surface area contributed by atoms with Gasteiger partial charge in [-0.1, -0.05) is 28.1 Å². The van der Waals surface area contributed by atoms with E-state index in [1.54, 1.807) is 23.5 Å². The van der Waals surface area contributed by atoms with Crippen LogP contribution < -0.4 is 4.72 Å². The Bertz CT molecular complexity index is 636. The molecular weight excluding hydrogens is 358 g/mol. The maximum Gasteiger partial charge on any atom is 0.240 e. The molecule has 1 aromatic heterocycles. The van der Waals surface area contributed by atoms with E-state index in [1.807, 2.05) is 35.9 Å². The van der Waals surface area contributed by atoms with Gasteiger partial charge >= 0.3 is 0 Å². The number of nitrogens with one attached hydrogen (secondary N) is 1. The Labute approximate surface area is 132 Å². The van der Waals surface area contributed by atoms with E-state index in [1.165, 1.54) is 0 Å². The summed E-state index contributed by atoms with van der Waals surface area (Å²) in [7, 11) is -3.45. The van der Waals surface area contributed by atoms with Crippen molar-refractivity contribution in [2.75, 3.05) is 0 Å². The predicted molar refractivity (Wildman–Crippen MR) is 86.9 cm³/mol. The van der Waals surface area contributed by atoms with Crippen molar-refractivity contribution in [2.24, 2.45) is 0 Å². The zero-order chi connectivity index (χ0) is 14.6. The van der Waals surface area contributed by atoms with Crippen LogP contribution in [-0.2, 0) is 21.8 Å². The molecule has 1 atom stereocenters. The van der Waals surface area contributed by atoms with Crippen LogP contribution in [0, 0.1) is 0 Å². The number of alkyl halides is 1. The summed E-state index contributed by atoms with van der Waals surface area (Å²) in [6.07, 6.45) is 0.697. The number of thiophene rings is 1. The molecule has 1 aromatic carbocycles. The molecule has 0 bridgehead atoms. The normalized spacial score (nSPS) is 13.3. The van der Waals surface area contributed by atoms with Gasteiger partial charge in [-0.2, -0.15) is 11.3 Å². The van der Waals surface area contributed by atoms with E-state index >= 15 is 0 Å². The number of hydrogen-bond acceptors (Lipinski definition) is 3. The lowest BCUT2D eigenvalue weighted by atomic mass is 10.1. The molecule has 0 saturated carbocycles. The number of rotatable bonds is 6. The van der Waals surface area contributed by atoms with Crippen LogP contribution in [0.5, 0.6) is 0 Å². The Kier molecular flexibility index (Phi) is 5.37. The summed E-state index contributed by atoms with van der Waals surface area (Å²) in [6, 6.07) is 8.78. The summed E-state index contributed by atoms with van der Waals surface area (Å²) in [5.41, 5.74) is 2.20. The Hall–Kier alpha value is -0.690. The molecule has 1 unspecified atom stereocenters. The van der Waals surface area contributed by atoms with Crippen molar-refractivity contribution < 1.29 is 8.42 Å². The zero-order valence-electron chi connectivity index (χ0n) is 11.0. The van der Waals surface area contributed by atoms with E-state index in [2.05, 4.69) is 20.7 Å². The summed E-state index contributed by atoms with van der Waals surface area (Å²) in [4.78, 5) is 0.305. The molecule has 0 saturated heterocycles. The van der Waals surface area contributed by atoms with Gasteiger partial charge in [-0.3, -0.25) is 0 Å². The van der Waals surface area contributed by atoms with Gasteiger partial charge in [0.2, 0.25) is 10.0 Å². The fraction of sp³-hybridized carbons (Fsp3) is 0.286. The third-order valence-corrected chi connectivity index (χ3v) is 5.85. The van der Waals surface area contributed by atoms with Crippen molar-refractivity contribution in [2.45, 2.75) is 29.6 Å². The van der Waals surface area contributed by atoms with Crippen molar-refractivity contribution >= 4 is 37.3 Å². The molecule has 2 aromatic rings. The van der Waals surface area contributed by atoms with E-state index in [4.69, 9.17) is 0 Å². The first-order valence-electron chi connectivity index (χ1n) is 6.19. The number of hydrogen-bond donors (Lipinski definition) is 1. The number of halogens is 1. The topological polar surface area (TPSA) is 46.2 Å². The maximum atomic E-state index is 12.3. The van der Waals surface area contributed by atoms with Gasteiger partial charge in [-0.15, -0.1) is 0 Å². The molecule has 0 spiro atoms.